The van der Waals surface area contributed by atoms with Gasteiger partial charge in [0.2, 0.25) is 0 Å². The summed E-state index contributed by atoms with van der Waals surface area (Å²) in [5.41, 5.74) is 6.14. The average molecular weight is 203 g/mol. The lowest BCUT2D eigenvalue weighted by Gasteiger charge is -2.25. The van der Waals surface area contributed by atoms with Crippen LogP contribution >= 0.6 is 0 Å². The van der Waals surface area contributed by atoms with Crippen LogP contribution in [0, 0.1) is 6.92 Å². The fourth-order valence-electron chi connectivity index (χ4n) is 2.58. The van der Waals surface area contributed by atoms with Gasteiger partial charge >= 0.3 is 0 Å². The highest BCUT2D eigenvalue weighted by atomic mass is 15.1. The van der Waals surface area contributed by atoms with Gasteiger partial charge in [-0.2, -0.15) is 0 Å². The van der Waals surface area contributed by atoms with E-state index in [1.807, 2.05) is 0 Å². The predicted molar refractivity (Wildman–Crippen MR) is 66.8 cm³/mol. The molecule has 0 N–H and O–H groups in total. The maximum absolute atomic E-state index is 2.34. The molecule has 0 radical (unpaired) electrons. The molecule has 0 saturated carbocycles. The third kappa shape index (κ3) is 1.88. The summed E-state index contributed by atoms with van der Waals surface area (Å²) in [5.74, 6) is 0. The second-order valence-corrected chi connectivity index (χ2v) is 4.57. The molecule has 1 heteroatoms. The zero-order chi connectivity index (χ0) is 10.8. The number of aryl methyl sites for hydroxylation is 1. The molecule has 0 aliphatic heterocycles. The first-order valence-corrected chi connectivity index (χ1v) is 6.06. The molecule has 1 aliphatic rings. The van der Waals surface area contributed by atoms with Gasteiger partial charge in [-0.25, -0.2) is 0 Å². The lowest BCUT2D eigenvalue weighted by Crippen LogP contribution is -2.18. The normalized spacial score (nSPS) is 14.9. The lowest BCUT2D eigenvalue weighted by atomic mass is 9.88. The van der Waals surface area contributed by atoms with Crippen LogP contribution < -0.4 is 4.90 Å². The van der Waals surface area contributed by atoms with Gasteiger partial charge in [-0.15, -0.1) is 0 Å². The van der Waals surface area contributed by atoms with Gasteiger partial charge in [0.1, 0.15) is 0 Å². The van der Waals surface area contributed by atoms with Crippen LogP contribution in [0.25, 0.3) is 0 Å². The maximum atomic E-state index is 2.34. The van der Waals surface area contributed by atoms with Gasteiger partial charge in [-0.3, -0.25) is 0 Å². The molecule has 1 aromatic carbocycles. The highest BCUT2D eigenvalue weighted by Gasteiger charge is 2.14. The Labute approximate surface area is 93.1 Å². The van der Waals surface area contributed by atoms with Crippen molar-refractivity contribution in [2.24, 2.45) is 0 Å². The Balaban J connectivity index is 2.43. The van der Waals surface area contributed by atoms with Gasteiger partial charge in [0.15, 0.2) is 0 Å². The van der Waals surface area contributed by atoms with Crippen LogP contribution in [0.5, 0.6) is 0 Å². The summed E-state index contributed by atoms with van der Waals surface area (Å²) in [6.07, 6.45) is 5.31. The van der Waals surface area contributed by atoms with Crippen LogP contribution in [0.4, 0.5) is 5.69 Å². The van der Waals surface area contributed by atoms with Crippen LogP contribution in [0.2, 0.25) is 0 Å². The fraction of sp³-hybridized carbons (Fsp3) is 0.571. The number of anilines is 1. The van der Waals surface area contributed by atoms with Crippen molar-refractivity contribution in [3.8, 4) is 0 Å². The minimum absolute atomic E-state index is 1.08. The van der Waals surface area contributed by atoms with Crippen molar-refractivity contribution in [3.05, 3.63) is 28.8 Å². The quantitative estimate of drug-likeness (QED) is 0.712. The molecule has 1 aliphatic carbocycles. The molecule has 0 spiro atoms. The Bertz CT molecular complexity index is 355. The van der Waals surface area contributed by atoms with E-state index in [1.165, 1.54) is 36.9 Å². The molecule has 0 amide bonds. The van der Waals surface area contributed by atoms with Gasteiger partial charge in [-0.1, -0.05) is 6.07 Å². The number of nitrogens with zero attached hydrogens (tertiary/aromatic N) is 1. The summed E-state index contributed by atoms with van der Waals surface area (Å²) in [7, 11) is 2.18. The molecule has 0 heterocycles. The number of benzene rings is 1. The summed E-state index contributed by atoms with van der Waals surface area (Å²) in [4.78, 5) is 2.34. The van der Waals surface area contributed by atoms with E-state index in [9.17, 15) is 0 Å². The molecule has 15 heavy (non-hydrogen) atoms. The number of hydrogen-bond donors (Lipinski definition) is 0. The van der Waals surface area contributed by atoms with Crippen molar-refractivity contribution >= 4 is 5.69 Å². The van der Waals surface area contributed by atoms with Crippen molar-refractivity contribution in [2.45, 2.75) is 39.5 Å². The average Bonchev–Trinajstić information content (AvgIpc) is 2.29. The minimum Gasteiger partial charge on any atom is -0.375 e. The summed E-state index contributed by atoms with van der Waals surface area (Å²) < 4.78 is 0. The van der Waals surface area contributed by atoms with Gasteiger partial charge in [0, 0.05) is 19.3 Å². The molecule has 0 unspecified atom stereocenters. The van der Waals surface area contributed by atoms with E-state index in [0.29, 0.717) is 0 Å². The van der Waals surface area contributed by atoms with E-state index >= 15 is 0 Å². The van der Waals surface area contributed by atoms with Crippen LogP contribution in [-0.4, -0.2) is 13.6 Å². The summed E-state index contributed by atoms with van der Waals surface area (Å²) in [6, 6.07) is 4.63. The third-order valence-corrected chi connectivity index (χ3v) is 3.68. The molecule has 0 aromatic heterocycles. The van der Waals surface area contributed by atoms with Crippen LogP contribution in [0.15, 0.2) is 12.1 Å². The van der Waals surface area contributed by atoms with Gasteiger partial charge in [-0.05, 0) is 62.3 Å². The summed E-state index contributed by atoms with van der Waals surface area (Å²) in [5, 5.41) is 0. The molecule has 0 atom stereocenters. The second kappa shape index (κ2) is 4.26. The number of rotatable bonds is 2. The smallest absolute Gasteiger partial charge is 0.0396 e. The molecule has 0 saturated heterocycles. The topological polar surface area (TPSA) is 3.24 Å². The van der Waals surface area contributed by atoms with E-state index < -0.39 is 0 Å². The lowest BCUT2D eigenvalue weighted by molar-refractivity contribution is 0.681. The highest BCUT2D eigenvalue weighted by Crippen LogP contribution is 2.30. The Hall–Kier alpha value is -0.980. The van der Waals surface area contributed by atoms with E-state index in [1.54, 1.807) is 11.1 Å². The van der Waals surface area contributed by atoms with Crippen LogP contribution in [0.3, 0.4) is 0 Å². The second-order valence-electron chi connectivity index (χ2n) is 4.57. The van der Waals surface area contributed by atoms with E-state index in [4.69, 9.17) is 0 Å². The Morgan fingerprint density at radius 3 is 2.67 bits per heavy atom. The molecule has 2 rings (SSSR count). The molecule has 1 nitrogen and oxygen atoms in total. The van der Waals surface area contributed by atoms with Gasteiger partial charge < -0.3 is 4.90 Å². The van der Waals surface area contributed by atoms with Crippen molar-refractivity contribution < 1.29 is 0 Å². The van der Waals surface area contributed by atoms with Crippen molar-refractivity contribution in [3.63, 3.8) is 0 Å². The van der Waals surface area contributed by atoms with Crippen LogP contribution in [-0.2, 0) is 12.8 Å². The standard InChI is InChI=1S/C14H21N/c1-4-15(3)14-10-9-12-7-5-6-8-13(12)11(14)2/h9-10H,4-8H2,1-3H3. The monoisotopic (exact) mass is 203 g/mol. The summed E-state index contributed by atoms with van der Waals surface area (Å²) in [6.45, 7) is 5.57. The molecule has 1 aromatic rings. The van der Waals surface area contributed by atoms with Gasteiger partial charge in [0.25, 0.3) is 0 Å². The molecule has 0 bridgehead atoms. The zero-order valence-corrected chi connectivity index (χ0v) is 10.1. The molecular weight excluding hydrogens is 182 g/mol. The molecule has 0 fully saturated rings. The molecule has 82 valence electrons. The zero-order valence-electron chi connectivity index (χ0n) is 10.1. The Morgan fingerprint density at radius 2 is 1.93 bits per heavy atom. The Kier molecular flexibility index (Phi) is 2.99. The van der Waals surface area contributed by atoms with Crippen molar-refractivity contribution in [2.75, 3.05) is 18.5 Å². The summed E-state index contributed by atoms with van der Waals surface area (Å²) >= 11 is 0. The van der Waals surface area contributed by atoms with E-state index in [0.717, 1.165) is 6.54 Å². The Morgan fingerprint density at radius 1 is 1.20 bits per heavy atom. The third-order valence-electron chi connectivity index (χ3n) is 3.68. The maximum Gasteiger partial charge on any atom is 0.0396 e. The van der Waals surface area contributed by atoms with Crippen molar-refractivity contribution in [1.29, 1.82) is 0 Å². The van der Waals surface area contributed by atoms with E-state index in [-0.39, 0.29) is 0 Å². The largest absolute Gasteiger partial charge is 0.375 e. The fourth-order valence-corrected chi connectivity index (χ4v) is 2.58. The number of fused-ring (bicyclic) bond motifs is 1. The first-order chi connectivity index (χ1) is 7.24. The van der Waals surface area contributed by atoms with E-state index in [2.05, 4.69) is 37.9 Å². The number of hydrogen-bond acceptors (Lipinski definition) is 1. The SMILES string of the molecule is CCN(C)c1ccc2c(c1C)CCCC2. The van der Waals surface area contributed by atoms with Gasteiger partial charge in [0.05, 0.1) is 0 Å². The first kappa shape index (κ1) is 10.5. The highest BCUT2D eigenvalue weighted by molar-refractivity contribution is 5.58. The minimum atomic E-state index is 1.08. The van der Waals surface area contributed by atoms with Crippen molar-refractivity contribution in [1.82, 2.24) is 0 Å². The van der Waals surface area contributed by atoms with Crippen LogP contribution in [0.1, 0.15) is 36.5 Å². The predicted octanol–water partition coefficient (Wildman–Crippen LogP) is 3.33. The molecular formula is C14H21N. The first-order valence-electron chi connectivity index (χ1n) is 6.06.